The van der Waals surface area contributed by atoms with Gasteiger partial charge in [0, 0.05) is 49.0 Å². The maximum atomic E-state index is 12.9. The number of urea groups is 1. The summed E-state index contributed by atoms with van der Waals surface area (Å²) in [5, 5.41) is 5.34. The number of aromatic nitrogens is 3. The van der Waals surface area contributed by atoms with Gasteiger partial charge in [0.1, 0.15) is 10.8 Å². The molecule has 2 aliphatic heterocycles. The summed E-state index contributed by atoms with van der Waals surface area (Å²) in [5.74, 6) is 1.04. The van der Waals surface area contributed by atoms with E-state index in [-0.39, 0.29) is 18.6 Å². The van der Waals surface area contributed by atoms with E-state index in [0.717, 1.165) is 16.7 Å². The zero-order valence-electron chi connectivity index (χ0n) is 17.4. The smallest absolute Gasteiger partial charge is 0.352 e. The van der Waals surface area contributed by atoms with Crippen LogP contribution in [0.25, 0.3) is 10.9 Å². The minimum Gasteiger partial charge on any atom is -0.352 e. The van der Waals surface area contributed by atoms with Crippen LogP contribution in [0.2, 0.25) is 5.02 Å². The van der Waals surface area contributed by atoms with Gasteiger partial charge in [0.15, 0.2) is 5.69 Å². The van der Waals surface area contributed by atoms with Gasteiger partial charge in [0.05, 0.1) is 18.1 Å². The number of hydrogen-bond donors (Lipinski definition) is 1. The number of carbonyl (C=O) groups excluding carboxylic acids is 1. The van der Waals surface area contributed by atoms with Crippen molar-refractivity contribution >= 4 is 51.6 Å². The second kappa shape index (κ2) is 8.17. The molecule has 5 rings (SSSR count). The lowest BCUT2D eigenvalue weighted by molar-refractivity contribution is -0.140. The number of nitrogens with zero attached hydrogens (tertiary/aromatic N) is 6. The van der Waals surface area contributed by atoms with Crippen LogP contribution in [0.5, 0.6) is 0 Å². The predicted octanol–water partition coefficient (Wildman–Crippen LogP) is 3.61. The van der Waals surface area contributed by atoms with E-state index >= 15 is 0 Å². The first kappa shape index (κ1) is 22.0. The molecule has 2 fully saturated rings. The van der Waals surface area contributed by atoms with Gasteiger partial charge in [-0.2, -0.15) is 18.2 Å². The number of nitrogens with one attached hydrogen (secondary N) is 1. The molecule has 2 aliphatic rings. The molecule has 2 saturated heterocycles. The number of amides is 2. The first-order valence-corrected chi connectivity index (χ1v) is 11.4. The lowest BCUT2D eigenvalue weighted by Gasteiger charge is -2.43. The molecule has 0 spiro atoms. The quantitative estimate of drug-likeness (QED) is 0.580. The van der Waals surface area contributed by atoms with Crippen molar-refractivity contribution in [3.63, 3.8) is 0 Å². The van der Waals surface area contributed by atoms with Crippen LogP contribution in [0.15, 0.2) is 23.6 Å². The Morgan fingerprint density at radius 3 is 2.73 bits per heavy atom. The second-order valence-corrected chi connectivity index (χ2v) is 9.35. The van der Waals surface area contributed by atoms with Gasteiger partial charge in [-0.15, -0.1) is 11.3 Å². The van der Waals surface area contributed by atoms with Gasteiger partial charge >= 0.3 is 12.2 Å². The van der Waals surface area contributed by atoms with Gasteiger partial charge in [-0.3, -0.25) is 0 Å². The van der Waals surface area contributed by atoms with Crippen LogP contribution in [0.3, 0.4) is 0 Å². The molecular weight excluding hydrogens is 479 g/mol. The summed E-state index contributed by atoms with van der Waals surface area (Å²) in [6.45, 7) is 2.68. The van der Waals surface area contributed by atoms with Crippen LogP contribution in [0.1, 0.15) is 10.7 Å². The fourth-order valence-electron chi connectivity index (χ4n) is 3.95. The normalized spacial score (nSPS) is 16.9. The van der Waals surface area contributed by atoms with Crippen LogP contribution in [-0.2, 0) is 12.7 Å². The second-order valence-electron chi connectivity index (χ2n) is 7.97. The number of benzene rings is 1. The van der Waals surface area contributed by atoms with Crippen molar-refractivity contribution in [1.82, 2.24) is 25.2 Å². The number of halogens is 4. The maximum absolute atomic E-state index is 12.9. The van der Waals surface area contributed by atoms with E-state index in [9.17, 15) is 18.0 Å². The Balaban J connectivity index is 1.41. The third-order valence-electron chi connectivity index (χ3n) is 5.68. The largest absolute Gasteiger partial charge is 0.434 e. The number of rotatable bonds is 5. The molecular formula is C20H19ClF3N7OS. The number of fused-ring (bicyclic) bond motifs is 1. The Morgan fingerprint density at radius 2 is 2.06 bits per heavy atom. The molecule has 0 radical (unpaired) electrons. The van der Waals surface area contributed by atoms with Gasteiger partial charge in [-0.05, 0) is 18.2 Å². The maximum Gasteiger partial charge on any atom is 0.434 e. The third kappa shape index (κ3) is 4.24. The van der Waals surface area contributed by atoms with Crippen molar-refractivity contribution in [3.05, 3.63) is 39.3 Å². The summed E-state index contributed by atoms with van der Waals surface area (Å²) >= 11 is 7.14. The monoisotopic (exact) mass is 497 g/mol. The highest BCUT2D eigenvalue weighted by Gasteiger charge is 2.38. The molecule has 0 bridgehead atoms. The summed E-state index contributed by atoms with van der Waals surface area (Å²) < 4.78 is 38.8. The number of hydrogen-bond acceptors (Lipinski definition) is 7. The number of thiazole rings is 1. The van der Waals surface area contributed by atoms with E-state index in [0.29, 0.717) is 58.9 Å². The molecule has 174 valence electrons. The van der Waals surface area contributed by atoms with Gasteiger partial charge in [-0.1, -0.05) is 11.6 Å². The Morgan fingerprint density at radius 1 is 1.27 bits per heavy atom. The first-order chi connectivity index (χ1) is 15.7. The first-order valence-electron chi connectivity index (χ1n) is 10.2. The van der Waals surface area contributed by atoms with E-state index < -0.39 is 11.9 Å². The minimum atomic E-state index is -4.48. The third-order valence-corrected chi connectivity index (χ3v) is 6.75. The molecule has 33 heavy (non-hydrogen) atoms. The summed E-state index contributed by atoms with van der Waals surface area (Å²) in [6.07, 6.45) is -4.48. The Hall–Kier alpha value is -2.86. The van der Waals surface area contributed by atoms with Gasteiger partial charge < -0.3 is 20.0 Å². The summed E-state index contributed by atoms with van der Waals surface area (Å²) in [5.41, 5.74) is -0.228. The van der Waals surface area contributed by atoms with Crippen LogP contribution < -0.4 is 15.1 Å². The Bertz CT molecular complexity index is 1210. The standard InChI is InChI=1S/C20H19ClF3N7OS/c1-29(9-16-27-15(10-33-16)20(22,23)24)17-13-6-11(21)2-3-14(13)26-18(28-17)30-7-12(8-30)31-5-4-25-19(31)32/h2-3,6,10,12H,4-5,7-9H2,1H3,(H,25,32). The predicted molar refractivity (Wildman–Crippen MR) is 120 cm³/mol. The summed E-state index contributed by atoms with van der Waals surface area (Å²) in [7, 11) is 1.74. The lowest BCUT2D eigenvalue weighted by atomic mass is 10.1. The van der Waals surface area contributed by atoms with E-state index in [1.807, 2.05) is 9.80 Å². The van der Waals surface area contributed by atoms with E-state index in [1.165, 1.54) is 0 Å². The SMILES string of the molecule is CN(Cc1nc(C(F)(F)F)cs1)c1nc(N2CC(N3CCNC3=O)C2)nc2ccc(Cl)cc12. The summed E-state index contributed by atoms with van der Waals surface area (Å²) in [4.78, 5) is 30.5. The number of anilines is 2. The van der Waals surface area contributed by atoms with Gasteiger partial charge in [0.25, 0.3) is 0 Å². The molecule has 3 aromatic rings. The molecule has 1 aromatic carbocycles. The van der Waals surface area contributed by atoms with Crippen LogP contribution in [-0.4, -0.2) is 65.2 Å². The molecule has 2 amide bonds. The average molecular weight is 498 g/mol. The van der Waals surface area contributed by atoms with Crippen molar-refractivity contribution in [2.45, 2.75) is 18.8 Å². The fourth-order valence-corrected chi connectivity index (χ4v) is 4.97. The lowest BCUT2D eigenvalue weighted by Crippen LogP contribution is -2.60. The number of alkyl halides is 3. The van der Waals surface area contributed by atoms with Crippen LogP contribution >= 0.6 is 22.9 Å². The molecule has 0 saturated carbocycles. The molecule has 4 heterocycles. The van der Waals surface area contributed by atoms with E-state index in [4.69, 9.17) is 16.6 Å². The summed E-state index contributed by atoms with van der Waals surface area (Å²) in [6, 6.07) is 5.29. The fraction of sp³-hybridized carbons (Fsp3) is 0.400. The van der Waals surface area contributed by atoms with Crippen molar-refractivity contribution in [3.8, 4) is 0 Å². The highest BCUT2D eigenvalue weighted by molar-refractivity contribution is 7.09. The molecule has 8 nitrogen and oxygen atoms in total. The Labute approximate surface area is 196 Å². The highest BCUT2D eigenvalue weighted by Crippen LogP contribution is 2.33. The van der Waals surface area contributed by atoms with Crippen molar-refractivity contribution in [2.24, 2.45) is 0 Å². The van der Waals surface area contributed by atoms with Crippen molar-refractivity contribution < 1.29 is 18.0 Å². The molecule has 1 N–H and O–H groups in total. The van der Waals surface area contributed by atoms with E-state index in [2.05, 4.69) is 15.3 Å². The van der Waals surface area contributed by atoms with Crippen molar-refractivity contribution in [2.75, 3.05) is 43.0 Å². The van der Waals surface area contributed by atoms with Crippen LogP contribution in [0, 0.1) is 0 Å². The Kier molecular flexibility index (Phi) is 5.44. The average Bonchev–Trinajstić information content (AvgIpc) is 3.36. The van der Waals surface area contributed by atoms with E-state index in [1.54, 1.807) is 30.1 Å². The molecule has 0 aliphatic carbocycles. The van der Waals surface area contributed by atoms with Crippen molar-refractivity contribution in [1.29, 1.82) is 0 Å². The van der Waals surface area contributed by atoms with Gasteiger partial charge in [-0.25, -0.2) is 14.8 Å². The molecule has 2 aromatic heterocycles. The van der Waals surface area contributed by atoms with Gasteiger partial charge in [0.2, 0.25) is 5.95 Å². The number of carbonyl (C=O) groups is 1. The minimum absolute atomic E-state index is 0.0594. The molecule has 0 atom stereocenters. The van der Waals surface area contributed by atoms with Crippen LogP contribution in [0.4, 0.5) is 29.7 Å². The zero-order valence-corrected chi connectivity index (χ0v) is 19.0. The zero-order chi connectivity index (χ0) is 23.3. The molecule has 0 unspecified atom stereocenters. The molecule has 13 heteroatoms. The topological polar surface area (TPSA) is 77.5 Å². The highest BCUT2D eigenvalue weighted by atomic mass is 35.5.